The third-order valence-electron chi connectivity index (χ3n) is 3.63. The molecule has 4 heteroatoms. The van der Waals surface area contributed by atoms with Crippen molar-refractivity contribution in [3.63, 3.8) is 0 Å². The Hall–Kier alpha value is -0.683. The molecule has 21 heavy (non-hydrogen) atoms. The molecule has 0 saturated heterocycles. The third-order valence-corrected chi connectivity index (χ3v) is 6.46. The van der Waals surface area contributed by atoms with Gasteiger partial charge in [0.1, 0.15) is 0 Å². The average molecular weight is 313 g/mol. The molecule has 3 nitrogen and oxygen atoms in total. The summed E-state index contributed by atoms with van der Waals surface area (Å²) in [6.45, 7) is 19.4. The lowest BCUT2D eigenvalue weighted by Crippen LogP contribution is -2.48. The van der Waals surface area contributed by atoms with Gasteiger partial charge in [0, 0.05) is 25.9 Å². The largest absolute Gasteiger partial charge is 0.504 e. The number of hydrogen-bond donors (Lipinski definition) is 0. The molecule has 0 unspecified atom stereocenters. The standard InChI is InChI=1S/C17H32O3Si/c1-7-13-17(10-4,14-8-2)16-20-21(15-9-3,18-11-5)19-12-6/h7-9H,1-3,10-16H2,4-6H3. The molecule has 0 radical (unpaired) electrons. The second-order valence-electron chi connectivity index (χ2n) is 5.17. The summed E-state index contributed by atoms with van der Waals surface area (Å²) in [5.74, 6) is 0. The van der Waals surface area contributed by atoms with E-state index in [1.165, 1.54) is 0 Å². The van der Waals surface area contributed by atoms with Gasteiger partial charge in [0.2, 0.25) is 0 Å². The SMILES string of the molecule is C=CCC(CC)(CC=C)CO[Si](CC=C)(OCC)OCC. The van der Waals surface area contributed by atoms with Crippen LogP contribution in [0.5, 0.6) is 0 Å². The molecule has 0 N–H and O–H groups in total. The van der Waals surface area contributed by atoms with Crippen LogP contribution in [0.1, 0.15) is 40.0 Å². The van der Waals surface area contributed by atoms with E-state index in [0.29, 0.717) is 25.9 Å². The van der Waals surface area contributed by atoms with Crippen molar-refractivity contribution in [1.29, 1.82) is 0 Å². The van der Waals surface area contributed by atoms with Crippen LogP contribution in [0, 0.1) is 5.41 Å². The molecule has 0 aliphatic carbocycles. The highest BCUT2D eigenvalue weighted by Crippen LogP contribution is 2.34. The minimum Gasteiger partial charge on any atom is -0.374 e. The van der Waals surface area contributed by atoms with Gasteiger partial charge in [0.05, 0.1) is 0 Å². The Labute approximate surface area is 132 Å². The van der Waals surface area contributed by atoms with Crippen molar-refractivity contribution in [3.8, 4) is 0 Å². The highest BCUT2D eigenvalue weighted by atomic mass is 28.4. The minimum atomic E-state index is -2.67. The van der Waals surface area contributed by atoms with Gasteiger partial charge in [-0.1, -0.05) is 25.2 Å². The lowest BCUT2D eigenvalue weighted by Gasteiger charge is -2.36. The van der Waals surface area contributed by atoms with Crippen molar-refractivity contribution in [1.82, 2.24) is 0 Å². The van der Waals surface area contributed by atoms with E-state index in [1.807, 2.05) is 32.1 Å². The van der Waals surface area contributed by atoms with Gasteiger partial charge < -0.3 is 13.3 Å². The Balaban J connectivity index is 5.06. The van der Waals surface area contributed by atoms with E-state index in [2.05, 4.69) is 26.7 Å². The summed E-state index contributed by atoms with van der Waals surface area (Å²) in [4.78, 5) is 0. The monoisotopic (exact) mass is 312 g/mol. The van der Waals surface area contributed by atoms with Crippen LogP contribution in [-0.4, -0.2) is 28.6 Å². The first-order valence-electron chi connectivity index (χ1n) is 7.82. The first-order chi connectivity index (χ1) is 10.1. The Morgan fingerprint density at radius 2 is 1.38 bits per heavy atom. The van der Waals surface area contributed by atoms with E-state index < -0.39 is 8.80 Å². The molecule has 122 valence electrons. The summed E-state index contributed by atoms with van der Waals surface area (Å²) >= 11 is 0. The Kier molecular flexibility index (Phi) is 10.6. The molecule has 0 amide bonds. The number of allylic oxidation sites excluding steroid dienone is 3. The van der Waals surface area contributed by atoms with Gasteiger partial charge in [0.25, 0.3) is 0 Å². The van der Waals surface area contributed by atoms with Crippen LogP contribution < -0.4 is 0 Å². The quantitative estimate of drug-likeness (QED) is 0.342. The molecular formula is C17H32O3Si. The zero-order valence-corrected chi connectivity index (χ0v) is 15.0. The smallest absolute Gasteiger partial charge is 0.374 e. The van der Waals surface area contributed by atoms with E-state index in [-0.39, 0.29) is 5.41 Å². The summed E-state index contributed by atoms with van der Waals surface area (Å²) in [6.07, 6.45) is 8.52. The lowest BCUT2D eigenvalue weighted by molar-refractivity contribution is 0.0304. The summed E-state index contributed by atoms with van der Waals surface area (Å²) in [6, 6.07) is 0.636. The second kappa shape index (κ2) is 11.0. The maximum Gasteiger partial charge on any atom is 0.504 e. The van der Waals surface area contributed by atoms with Crippen molar-refractivity contribution < 1.29 is 13.3 Å². The molecule has 0 heterocycles. The number of hydrogen-bond acceptors (Lipinski definition) is 3. The molecule has 0 rings (SSSR count). The van der Waals surface area contributed by atoms with Crippen molar-refractivity contribution >= 4 is 8.80 Å². The minimum absolute atomic E-state index is 0.0249. The first kappa shape index (κ1) is 20.3. The Morgan fingerprint density at radius 3 is 1.71 bits per heavy atom. The second-order valence-corrected chi connectivity index (χ2v) is 7.81. The lowest BCUT2D eigenvalue weighted by atomic mass is 9.79. The van der Waals surface area contributed by atoms with E-state index in [9.17, 15) is 0 Å². The zero-order valence-electron chi connectivity index (χ0n) is 14.0. The Bertz CT molecular complexity index is 299. The molecule has 0 saturated carbocycles. The van der Waals surface area contributed by atoms with Crippen LogP contribution in [0.25, 0.3) is 0 Å². The van der Waals surface area contributed by atoms with Gasteiger partial charge in [-0.3, -0.25) is 0 Å². The molecule has 0 bridgehead atoms. The Morgan fingerprint density at radius 1 is 0.857 bits per heavy atom. The summed E-state index contributed by atoms with van der Waals surface area (Å²) < 4.78 is 18.0. The van der Waals surface area contributed by atoms with Gasteiger partial charge in [-0.25, -0.2) is 0 Å². The van der Waals surface area contributed by atoms with Gasteiger partial charge >= 0.3 is 8.80 Å². The highest BCUT2D eigenvalue weighted by Gasteiger charge is 2.41. The van der Waals surface area contributed by atoms with Crippen LogP contribution in [0.3, 0.4) is 0 Å². The highest BCUT2D eigenvalue weighted by molar-refractivity contribution is 6.61. The van der Waals surface area contributed by atoms with E-state index >= 15 is 0 Å². The van der Waals surface area contributed by atoms with Crippen molar-refractivity contribution in [2.45, 2.75) is 46.1 Å². The fourth-order valence-electron chi connectivity index (χ4n) is 2.39. The maximum atomic E-state index is 6.24. The average Bonchev–Trinajstić information content (AvgIpc) is 2.46. The molecule has 0 aliphatic heterocycles. The summed E-state index contributed by atoms with van der Waals surface area (Å²) in [7, 11) is -2.67. The molecule has 0 atom stereocenters. The maximum absolute atomic E-state index is 6.24. The summed E-state index contributed by atoms with van der Waals surface area (Å²) in [5.41, 5.74) is 0.0249. The molecule has 0 aromatic heterocycles. The van der Waals surface area contributed by atoms with E-state index in [4.69, 9.17) is 13.3 Å². The zero-order chi connectivity index (χ0) is 16.2. The third kappa shape index (κ3) is 6.74. The van der Waals surface area contributed by atoms with E-state index in [1.54, 1.807) is 0 Å². The fourth-order valence-corrected chi connectivity index (χ4v) is 4.75. The van der Waals surface area contributed by atoms with Gasteiger partial charge in [0.15, 0.2) is 0 Å². The van der Waals surface area contributed by atoms with Crippen LogP contribution >= 0.6 is 0 Å². The molecule has 0 fully saturated rings. The van der Waals surface area contributed by atoms with Crippen LogP contribution in [-0.2, 0) is 13.3 Å². The summed E-state index contributed by atoms with van der Waals surface area (Å²) in [5, 5.41) is 0. The molecule has 0 aliphatic rings. The number of rotatable bonds is 14. The predicted octanol–water partition coefficient (Wildman–Crippen LogP) is 4.75. The van der Waals surface area contributed by atoms with Crippen LogP contribution in [0.4, 0.5) is 0 Å². The van der Waals surface area contributed by atoms with Gasteiger partial charge in [-0.05, 0) is 38.5 Å². The molecular weight excluding hydrogens is 280 g/mol. The van der Waals surface area contributed by atoms with Crippen molar-refractivity contribution in [2.24, 2.45) is 5.41 Å². The predicted molar refractivity (Wildman–Crippen MR) is 92.3 cm³/mol. The molecule has 0 spiro atoms. The topological polar surface area (TPSA) is 27.7 Å². The fraction of sp³-hybridized carbons (Fsp3) is 0.647. The van der Waals surface area contributed by atoms with Crippen molar-refractivity contribution in [2.75, 3.05) is 19.8 Å². The van der Waals surface area contributed by atoms with Gasteiger partial charge in [-0.15, -0.1) is 19.7 Å². The van der Waals surface area contributed by atoms with E-state index in [0.717, 1.165) is 19.3 Å². The van der Waals surface area contributed by atoms with Gasteiger partial charge in [-0.2, -0.15) is 0 Å². The van der Waals surface area contributed by atoms with Crippen molar-refractivity contribution in [3.05, 3.63) is 38.0 Å². The van der Waals surface area contributed by atoms with Crippen LogP contribution in [0.2, 0.25) is 6.04 Å². The van der Waals surface area contributed by atoms with Crippen LogP contribution in [0.15, 0.2) is 38.0 Å². The first-order valence-corrected chi connectivity index (χ1v) is 9.75. The molecule has 0 aromatic rings. The molecule has 0 aromatic carbocycles. The normalized spacial score (nSPS) is 12.1.